The minimum Gasteiger partial charge on any atom is -0.478 e. The molecular formula is C13H21N3O2. The summed E-state index contributed by atoms with van der Waals surface area (Å²) in [6, 6.07) is 3.03. The lowest BCUT2D eigenvalue weighted by Gasteiger charge is -2.21. The highest BCUT2D eigenvalue weighted by atomic mass is 16.4. The molecule has 0 aliphatic rings. The van der Waals surface area contributed by atoms with Crippen molar-refractivity contribution in [3.8, 4) is 0 Å². The van der Waals surface area contributed by atoms with Crippen LogP contribution in [0, 0.1) is 0 Å². The van der Waals surface area contributed by atoms with E-state index in [4.69, 9.17) is 16.6 Å². The maximum absolute atomic E-state index is 11.1. The number of benzene rings is 1. The van der Waals surface area contributed by atoms with Gasteiger partial charge in [0.15, 0.2) is 0 Å². The van der Waals surface area contributed by atoms with Crippen molar-refractivity contribution in [3.05, 3.63) is 23.3 Å². The zero-order chi connectivity index (χ0) is 13.9. The number of carbonyl (C=O) groups is 1. The van der Waals surface area contributed by atoms with Crippen LogP contribution in [0.5, 0.6) is 0 Å². The number of hydrogen-bond acceptors (Lipinski definition) is 4. The van der Waals surface area contributed by atoms with Crippen molar-refractivity contribution < 1.29 is 9.90 Å². The van der Waals surface area contributed by atoms with Gasteiger partial charge in [0.05, 0.1) is 16.9 Å². The third-order valence-corrected chi connectivity index (χ3v) is 2.65. The highest BCUT2D eigenvalue weighted by Crippen LogP contribution is 2.24. The molecule has 0 radical (unpaired) electrons. The summed E-state index contributed by atoms with van der Waals surface area (Å²) < 4.78 is 0. The zero-order valence-electron chi connectivity index (χ0n) is 11.1. The van der Waals surface area contributed by atoms with Crippen LogP contribution < -0.4 is 16.8 Å². The first-order valence-electron chi connectivity index (χ1n) is 5.87. The maximum Gasteiger partial charge on any atom is 0.336 e. The molecule has 0 saturated carbocycles. The number of carboxylic acids is 1. The molecule has 0 saturated heterocycles. The molecule has 5 heteroatoms. The molecule has 1 aromatic rings. The summed E-state index contributed by atoms with van der Waals surface area (Å²) in [4.78, 5) is 11.1. The van der Waals surface area contributed by atoms with E-state index >= 15 is 0 Å². The number of anilines is 2. The lowest BCUT2D eigenvalue weighted by molar-refractivity contribution is 0.0696. The fourth-order valence-corrected chi connectivity index (χ4v) is 1.72. The molecule has 1 rings (SSSR count). The first-order chi connectivity index (χ1) is 8.22. The van der Waals surface area contributed by atoms with E-state index < -0.39 is 5.97 Å². The minimum atomic E-state index is -0.979. The molecule has 0 aliphatic heterocycles. The van der Waals surface area contributed by atoms with Gasteiger partial charge in [0.2, 0.25) is 0 Å². The van der Waals surface area contributed by atoms with Gasteiger partial charge < -0.3 is 21.9 Å². The number of hydrogen-bond donors (Lipinski definition) is 4. The van der Waals surface area contributed by atoms with Crippen molar-refractivity contribution in [2.75, 3.05) is 18.0 Å². The minimum absolute atomic E-state index is 0.0154. The van der Waals surface area contributed by atoms with E-state index in [1.54, 1.807) is 0 Å². The Bertz CT molecular complexity index is 450. The molecule has 0 bridgehead atoms. The standard InChI is InChI=1S/C13H21N3O2/c1-13(2,3)16-7-6-8-9(12(17)18)4-5-10(14)11(8)15/h4-5,16H,6-7,14-15H2,1-3H3,(H,17,18). The van der Waals surface area contributed by atoms with Gasteiger partial charge >= 0.3 is 5.97 Å². The van der Waals surface area contributed by atoms with Crippen LogP contribution in [0.2, 0.25) is 0 Å². The monoisotopic (exact) mass is 251 g/mol. The van der Waals surface area contributed by atoms with Crippen LogP contribution in [0.25, 0.3) is 0 Å². The second-order valence-corrected chi connectivity index (χ2v) is 5.33. The Hall–Kier alpha value is -1.75. The summed E-state index contributed by atoms with van der Waals surface area (Å²) in [6.07, 6.45) is 0.537. The van der Waals surface area contributed by atoms with Crippen molar-refractivity contribution in [2.45, 2.75) is 32.7 Å². The van der Waals surface area contributed by atoms with E-state index in [1.807, 2.05) is 20.8 Å². The van der Waals surface area contributed by atoms with Gasteiger partial charge in [-0.1, -0.05) is 0 Å². The number of nitrogens with one attached hydrogen (secondary N) is 1. The summed E-state index contributed by atoms with van der Waals surface area (Å²) >= 11 is 0. The number of rotatable bonds is 4. The Kier molecular flexibility index (Phi) is 4.19. The summed E-state index contributed by atoms with van der Waals surface area (Å²) in [5, 5.41) is 12.4. The summed E-state index contributed by atoms with van der Waals surface area (Å²) in [5.41, 5.74) is 13.2. The van der Waals surface area contributed by atoms with Crippen LogP contribution in [-0.2, 0) is 6.42 Å². The summed E-state index contributed by atoms with van der Waals surface area (Å²) in [6.45, 7) is 6.80. The number of nitrogen functional groups attached to an aromatic ring is 2. The first kappa shape index (κ1) is 14.3. The van der Waals surface area contributed by atoms with E-state index in [9.17, 15) is 4.79 Å². The molecule has 6 N–H and O–H groups in total. The van der Waals surface area contributed by atoms with E-state index in [1.165, 1.54) is 12.1 Å². The van der Waals surface area contributed by atoms with E-state index in [0.717, 1.165) is 0 Å². The molecule has 5 nitrogen and oxygen atoms in total. The summed E-state index contributed by atoms with van der Waals surface area (Å²) in [7, 11) is 0. The molecule has 0 fully saturated rings. The van der Waals surface area contributed by atoms with Crippen LogP contribution in [0.3, 0.4) is 0 Å². The van der Waals surface area contributed by atoms with Crippen molar-refractivity contribution in [1.29, 1.82) is 0 Å². The van der Waals surface area contributed by atoms with Gasteiger partial charge in [-0.3, -0.25) is 0 Å². The third-order valence-electron chi connectivity index (χ3n) is 2.65. The highest BCUT2D eigenvalue weighted by Gasteiger charge is 2.15. The predicted octanol–water partition coefficient (Wildman–Crippen LogP) is 1.48. The zero-order valence-corrected chi connectivity index (χ0v) is 11.1. The molecule has 18 heavy (non-hydrogen) atoms. The Labute approximate surface area is 107 Å². The number of aromatic carboxylic acids is 1. The van der Waals surface area contributed by atoms with Gasteiger partial charge in [-0.15, -0.1) is 0 Å². The quantitative estimate of drug-likeness (QED) is 0.607. The normalized spacial score (nSPS) is 11.5. The first-order valence-corrected chi connectivity index (χ1v) is 5.87. The maximum atomic E-state index is 11.1. The van der Waals surface area contributed by atoms with E-state index in [0.29, 0.717) is 29.9 Å². The Morgan fingerprint density at radius 3 is 2.44 bits per heavy atom. The largest absolute Gasteiger partial charge is 0.478 e. The molecule has 1 aromatic carbocycles. The predicted molar refractivity (Wildman–Crippen MR) is 73.7 cm³/mol. The van der Waals surface area contributed by atoms with Crippen LogP contribution >= 0.6 is 0 Å². The average molecular weight is 251 g/mol. The SMILES string of the molecule is CC(C)(C)NCCc1c(C(=O)O)ccc(N)c1N. The topological polar surface area (TPSA) is 101 Å². The molecule has 0 heterocycles. The van der Waals surface area contributed by atoms with Crippen molar-refractivity contribution in [1.82, 2.24) is 5.32 Å². The molecular weight excluding hydrogens is 230 g/mol. The smallest absolute Gasteiger partial charge is 0.336 e. The van der Waals surface area contributed by atoms with Crippen LogP contribution in [0.15, 0.2) is 12.1 Å². The molecule has 0 spiro atoms. The van der Waals surface area contributed by atoms with Crippen LogP contribution in [0.1, 0.15) is 36.7 Å². The highest BCUT2D eigenvalue weighted by molar-refractivity contribution is 5.93. The third kappa shape index (κ3) is 3.63. The Balaban J connectivity index is 2.92. The van der Waals surface area contributed by atoms with Crippen molar-refractivity contribution >= 4 is 17.3 Å². The number of nitrogens with two attached hydrogens (primary N) is 2. The molecule has 0 atom stereocenters. The summed E-state index contributed by atoms with van der Waals surface area (Å²) in [5.74, 6) is -0.979. The molecule has 0 amide bonds. The second-order valence-electron chi connectivity index (χ2n) is 5.33. The van der Waals surface area contributed by atoms with Gasteiger partial charge in [-0.05, 0) is 51.4 Å². The molecule has 100 valence electrons. The molecule has 0 aromatic heterocycles. The molecule has 0 unspecified atom stereocenters. The fourth-order valence-electron chi connectivity index (χ4n) is 1.72. The van der Waals surface area contributed by atoms with E-state index in [-0.39, 0.29) is 11.1 Å². The van der Waals surface area contributed by atoms with Gasteiger partial charge in [-0.2, -0.15) is 0 Å². The van der Waals surface area contributed by atoms with Gasteiger partial charge in [0.1, 0.15) is 0 Å². The lowest BCUT2D eigenvalue weighted by Crippen LogP contribution is -2.37. The van der Waals surface area contributed by atoms with Crippen LogP contribution in [0.4, 0.5) is 11.4 Å². The lowest BCUT2D eigenvalue weighted by atomic mass is 10.00. The van der Waals surface area contributed by atoms with Gasteiger partial charge in [-0.25, -0.2) is 4.79 Å². The van der Waals surface area contributed by atoms with Gasteiger partial charge in [0, 0.05) is 5.54 Å². The Morgan fingerprint density at radius 1 is 1.33 bits per heavy atom. The van der Waals surface area contributed by atoms with Gasteiger partial charge in [0.25, 0.3) is 0 Å². The van der Waals surface area contributed by atoms with E-state index in [2.05, 4.69) is 5.32 Å². The van der Waals surface area contributed by atoms with Crippen molar-refractivity contribution in [2.24, 2.45) is 0 Å². The molecule has 0 aliphatic carbocycles. The number of carboxylic acid groups (broad SMARTS) is 1. The van der Waals surface area contributed by atoms with Crippen LogP contribution in [-0.4, -0.2) is 23.2 Å². The fraction of sp³-hybridized carbons (Fsp3) is 0.462. The second kappa shape index (κ2) is 5.27. The average Bonchev–Trinajstić information content (AvgIpc) is 2.22. The Morgan fingerprint density at radius 2 is 1.94 bits per heavy atom. The van der Waals surface area contributed by atoms with Crippen molar-refractivity contribution in [3.63, 3.8) is 0 Å².